The SMILES string of the molecule is COc1ccc(C2CC2C(=O)Nc2cccc([N+](=O)[O-])c2C)cc1. The number of amides is 1. The predicted molar refractivity (Wildman–Crippen MR) is 90.3 cm³/mol. The van der Waals surface area contributed by atoms with Crippen LogP contribution in [0.3, 0.4) is 0 Å². The topological polar surface area (TPSA) is 81.5 Å². The average Bonchev–Trinajstić information content (AvgIpc) is 3.37. The molecule has 0 spiro atoms. The number of hydrogen-bond acceptors (Lipinski definition) is 4. The fraction of sp³-hybridized carbons (Fsp3) is 0.278. The minimum Gasteiger partial charge on any atom is -0.497 e. The highest BCUT2D eigenvalue weighted by molar-refractivity contribution is 5.96. The molecule has 3 rings (SSSR count). The molecule has 24 heavy (non-hydrogen) atoms. The van der Waals surface area contributed by atoms with Gasteiger partial charge in [-0.1, -0.05) is 18.2 Å². The van der Waals surface area contributed by atoms with Crippen molar-refractivity contribution in [2.75, 3.05) is 12.4 Å². The van der Waals surface area contributed by atoms with Gasteiger partial charge in [0.25, 0.3) is 5.69 Å². The van der Waals surface area contributed by atoms with E-state index in [1.165, 1.54) is 6.07 Å². The van der Waals surface area contributed by atoms with E-state index in [-0.39, 0.29) is 23.4 Å². The van der Waals surface area contributed by atoms with Gasteiger partial charge in [0.2, 0.25) is 5.91 Å². The van der Waals surface area contributed by atoms with Gasteiger partial charge in [0.15, 0.2) is 0 Å². The summed E-state index contributed by atoms with van der Waals surface area (Å²) in [7, 11) is 1.61. The van der Waals surface area contributed by atoms with Gasteiger partial charge in [-0.2, -0.15) is 0 Å². The van der Waals surface area contributed by atoms with Gasteiger partial charge >= 0.3 is 0 Å². The Kier molecular flexibility index (Phi) is 4.20. The summed E-state index contributed by atoms with van der Waals surface area (Å²) >= 11 is 0. The second-order valence-corrected chi connectivity index (χ2v) is 5.92. The van der Waals surface area contributed by atoms with E-state index in [1.54, 1.807) is 26.2 Å². The summed E-state index contributed by atoms with van der Waals surface area (Å²) in [5.41, 5.74) is 2.08. The van der Waals surface area contributed by atoms with Crippen molar-refractivity contribution in [2.45, 2.75) is 19.3 Å². The summed E-state index contributed by atoms with van der Waals surface area (Å²) in [6.07, 6.45) is 0.784. The summed E-state index contributed by atoms with van der Waals surface area (Å²) in [6, 6.07) is 12.4. The zero-order chi connectivity index (χ0) is 17.3. The quantitative estimate of drug-likeness (QED) is 0.671. The van der Waals surface area contributed by atoms with E-state index in [0.717, 1.165) is 17.7 Å². The lowest BCUT2D eigenvalue weighted by atomic mass is 10.1. The summed E-state index contributed by atoms with van der Waals surface area (Å²) in [4.78, 5) is 22.9. The molecule has 1 saturated carbocycles. The van der Waals surface area contributed by atoms with Crippen molar-refractivity contribution in [2.24, 2.45) is 5.92 Å². The normalized spacial score (nSPS) is 18.8. The van der Waals surface area contributed by atoms with Crippen LogP contribution in [0.4, 0.5) is 11.4 Å². The second-order valence-electron chi connectivity index (χ2n) is 5.92. The Morgan fingerprint density at radius 2 is 1.96 bits per heavy atom. The molecule has 0 bridgehead atoms. The fourth-order valence-electron chi connectivity index (χ4n) is 2.89. The van der Waals surface area contributed by atoms with Gasteiger partial charge in [-0.25, -0.2) is 0 Å². The number of ether oxygens (including phenoxy) is 1. The highest BCUT2D eigenvalue weighted by Crippen LogP contribution is 2.48. The van der Waals surface area contributed by atoms with E-state index in [2.05, 4.69) is 5.32 Å². The molecule has 2 aromatic rings. The lowest BCUT2D eigenvalue weighted by Crippen LogP contribution is -2.15. The number of benzene rings is 2. The molecule has 0 aliphatic heterocycles. The number of methoxy groups -OCH3 is 1. The number of nitrogens with one attached hydrogen (secondary N) is 1. The number of rotatable bonds is 5. The molecule has 1 amide bonds. The third-order valence-electron chi connectivity index (χ3n) is 4.43. The van der Waals surface area contributed by atoms with Crippen LogP contribution in [0.5, 0.6) is 5.75 Å². The van der Waals surface area contributed by atoms with Crippen molar-refractivity contribution < 1.29 is 14.5 Å². The molecule has 2 aromatic carbocycles. The Morgan fingerprint density at radius 1 is 1.25 bits per heavy atom. The summed E-state index contributed by atoms with van der Waals surface area (Å²) < 4.78 is 5.13. The van der Waals surface area contributed by atoms with Crippen LogP contribution in [-0.4, -0.2) is 17.9 Å². The van der Waals surface area contributed by atoms with Crippen molar-refractivity contribution in [3.63, 3.8) is 0 Å². The number of carbonyl (C=O) groups excluding carboxylic acids is 1. The van der Waals surface area contributed by atoms with Crippen LogP contribution in [-0.2, 0) is 4.79 Å². The molecule has 2 atom stereocenters. The summed E-state index contributed by atoms with van der Waals surface area (Å²) in [5.74, 6) is 0.777. The van der Waals surface area contributed by atoms with Gasteiger partial charge in [-0.05, 0) is 43.0 Å². The third kappa shape index (κ3) is 3.08. The molecule has 1 aliphatic carbocycles. The average molecular weight is 326 g/mol. The van der Waals surface area contributed by atoms with E-state index in [1.807, 2.05) is 24.3 Å². The van der Waals surface area contributed by atoms with Crippen LogP contribution in [0.1, 0.15) is 23.5 Å². The monoisotopic (exact) mass is 326 g/mol. The van der Waals surface area contributed by atoms with Crippen molar-refractivity contribution in [3.8, 4) is 5.75 Å². The standard InChI is InChI=1S/C18H18N2O4/c1-11-16(4-3-5-17(11)20(22)23)19-18(21)15-10-14(15)12-6-8-13(24-2)9-7-12/h3-9,14-15H,10H2,1-2H3,(H,19,21). The largest absolute Gasteiger partial charge is 0.497 e. The third-order valence-corrected chi connectivity index (χ3v) is 4.43. The van der Waals surface area contributed by atoms with Gasteiger partial charge in [0.1, 0.15) is 5.75 Å². The molecule has 1 N–H and O–H groups in total. The molecular formula is C18H18N2O4. The molecule has 1 aliphatic rings. The lowest BCUT2D eigenvalue weighted by Gasteiger charge is -2.08. The molecule has 0 heterocycles. The Morgan fingerprint density at radius 3 is 2.58 bits per heavy atom. The Hall–Kier alpha value is -2.89. The van der Waals surface area contributed by atoms with Gasteiger partial charge < -0.3 is 10.1 Å². The summed E-state index contributed by atoms with van der Waals surface area (Å²) in [5, 5.41) is 13.8. The van der Waals surface area contributed by atoms with E-state index >= 15 is 0 Å². The van der Waals surface area contributed by atoms with Crippen LogP contribution in [0.25, 0.3) is 0 Å². The summed E-state index contributed by atoms with van der Waals surface area (Å²) in [6.45, 7) is 1.64. The van der Waals surface area contributed by atoms with Gasteiger partial charge in [0.05, 0.1) is 23.3 Å². The highest BCUT2D eigenvalue weighted by atomic mass is 16.6. The smallest absolute Gasteiger partial charge is 0.274 e. The zero-order valence-electron chi connectivity index (χ0n) is 13.5. The number of carbonyl (C=O) groups is 1. The number of nitro groups is 1. The highest BCUT2D eigenvalue weighted by Gasteiger charge is 2.44. The number of hydrogen-bond donors (Lipinski definition) is 1. The van der Waals surface area contributed by atoms with Crippen molar-refractivity contribution in [1.29, 1.82) is 0 Å². The molecule has 0 radical (unpaired) electrons. The van der Waals surface area contributed by atoms with E-state index < -0.39 is 4.92 Å². The van der Waals surface area contributed by atoms with Crippen molar-refractivity contribution in [1.82, 2.24) is 0 Å². The maximum Gasteiger partial charge on any atom is 0.274 e. The van der Waals surface area contributed by atoms with Crippen LogP contribution in [0.15, 0.2) is 42.5 Å². The molecule has 6 heteroatoms. The molecule has 0 aromatic heterocycles. The van der Waals surface area contributed by atoms with Crippen LogP contribution in [0, 0.1) is 23.0 Å². The number of anilines is 1. The van der Waals surface area contributed by atoms with Crippen LogP contribution >= 0.6 is 0 Å². The van der Waals surface area contributed by atoms with E-state index in [0.29, 0.717) is 11.3 Å². The number of nitrogens with zero attached hydrogens (tertiary/aromatic N) is 1. The van der Waals surface area contributed by atoms with Crippen LogP contribution < -0.4 is 10.1 Å². The van der Waals surface area contributed by atoms with E-state index in [9.17, 15) is 14.9 Å². The first kappa shape index (κ1) is 16.0. The minimum absolute atomic E-state index is 0.00954. The Bertz CT molecular complexity index is 786. The maximum atomic E-state index is 12.4. The zero-order valence-corrected chi connectivity index (χ0v) is 13.5. The fourth-order valence-corrected chi connectivity index (χ4v) is 2.89. The van der Waals surface area contributed by atoms with Crippen molar-refractivity contribution >= 4 is 17.3 Å². The Balaban J connectivity index is 1.69. The number of nitro benzene ring substituents is 1. The molecular weight excluding hydrogens is 308 g/mol. The first-order valence-electron chi connectivity index (χ1n) is 7.70. The first-order valence-corrected chi connectivity index (χ1v) is 7.70. The van der Waals surface area contributed by atoms with Crippen molar-refractivity contribution in [3.05, 3.63) is 63.7 Å². The molecule has 6 nitrogen and oxygen atoms in total. The van der Waals surface area contributed by atoms with Gasteiger partial charge in [0, 0.05) is 12.0 Å². The molecule has 0 saturated heterocycles. The first-order chi connectivity index (χ1) is 11.5. The molecule has 1 fully saturated rings. The minimum atomic E-state index is -0.442. The van der Waals surface area contributed by atoms with E-state index in [4.69, 9.17) is 4.74 Å². The maximum absolute atomic E-state index is 12.4. The second kappa shape index (κ2) is 6.31. The predicted octanol–water partition coefficient (Wildman–Crippen LogP) is 3.65. The molecule has 124 valence electrons. The lowest BCUT2D eigenvalue weighted by molar-refractivity contribution is -0.385. The molecule has 2 unspecified atom stereocenters. The van der Waals surface area contributed by atoms with Crippen LogP contribution in [0.2, 0.25) is 0 Å². The van der Waals surface area contributed by atoms with Gasteiger partial charge in [-0.3, -0.25) is 14.9 Å². The Labute approximate surface area is 139 Å². The van der Waals surface area contributed by atoms with Gasteiger partial charge in [-0.15, -0.1) is 0 Å².